The molecule has 0 radical (unpaired) electrons. The van der Waals surface area contributed by atoms with Crippen molar-refractivity contribution in [2.75, 3.05) is 39.4 Å². The Kier molecular flexibility index (Phi) is 4.43. The zero-order valence-electron chi connectivity index (χ0n) is 16.6. The Morgan fingerprint density at radius 2 is 2.03 bits per heavy atom. The van der Waals surface area contributed by atoms with E-state index in [0.29, 0.717) is 31.9 Å². The van der Waals surface area contributed by atoms with E-state index in [9.17, 15) is 9.59 Å². The van der Waals surface area contributed by atoms with E-state index >= 15 is 0 Å². The summed E-state index contributed by atoms with van der Waals surface area (Å²) in [6, 6.07) is 0. The van der Waals surface area contributed by atoms with Crippen molar-refractivity contribution in [2.45, 2.75) is 26.7 Å². The highest BCUT2D eigenvalue weighted by atomic mass is 32.1. The number of likely N-dealkylation sites (tertiary alicyclic amines) is 2. The molecule has 5 heterocycles. The van der Waals surface area contributed by atoms with Crippen LogP contribution >= 0.6 is 11.3 Å². The van der Waals surface area contributed by atoms with Gasteiger partial charge in [0.25, 0.3) is 5.91 Å². The molecule has 3 aliphatic heterocycles. The number of fused-ring (bicyclic) bond motifs is 1. The third kappa shape index (κ3) is 2.80. The van der Waals surface area contributed by atoms with Crippen molar-refractivity contribution < 1.29 is 14.3 Å². The maximum atomic E-state index is 13.6. The lowest BCUT2D eigenvalue weighted by Gasteiger charge is -2.30. The van der Waals surface area contributed by atoms with Crippen molar-refractivity contribution in [2.24, 2.45) is 11.3 Å². The van der Waals surface area contributed by atoms with Crippen LogP contribution in [0.4, 0.5) is 0 Å². The summed E-state index contributed by atoms with van der Waals surface area (Å²) in [5.74, 6) is 0.156. The van der Waals surface area contributed by atoms with Gasteiger partial charge in [-0.05, 0) is 42.7 Å². The maximum absolute atomic E-state index is 13.6. The third-order valence-electron chi connectivity index (χ3n) is 6.62. The molecule has 0 bridgehead atoms. The standard InChI is InChI=1S/C19H24N6O3S/c1-12-13(2)29-17(25-11-20-21-22-25)15(12)16(26)24-7-14-8-28-10-19(14,9-24)18(27)23-5-3-4-6-23/h11,14H,3-10H2,1-2H3/t14-,19-/m0/s1. The van der Waals surface area contributed by atoms with Crippen LogP contribution in [0, 0.1) is 25.2 Å². The Labute approximate surface area is 172 Å². The van der Waals surface area contributed by atoms with Gasteiger partial charge in [0.15, 0.2) is 0 Å². The van der Waals surface area contributed by atoms with Crippen LogP contribution in [0.1, 0.15) is 33.6 Å². The van der Waals surface area contributed by atoms with Crippen LogP contribution in [-0.4, -0.2) is 81.2 Å². The van der Waals surface area contributed by atoms with Gasteiger partial charge in [-0.3, -0.25) is 9.59 Å². The summed E-state index contributed by atoms with van der Waals surface area (Å²) < 4.78 is 7.27. The van der Waals surface area contributed by atoms with Gasteiger partial charge in [0.1, 0.15) is 11.3 Å². The number of aromatic nitrogens is 4. The predicted molar refractivity (Wildman–Crippen MR) is 105 cm³/mol. The lowest BCUT2D eigenvalue weighted by Crippen LogP contribution is -2.48. The number of carbonyl (C=O) groups excluding carboxylic acids is 2. The molecule has 10 heteroatoms. The van der Waals surface area contributed by atoms with Crippen molar-refractivity contribution >= 4 is 23.2 Å². The number of hydrogen-bond acceptors (Lipinski definition) is 7. The highest BCUT2D eigenvalue weighted by Gasteiger charge is 2.58. The molecule has 29 heavy (non-hydrogen) atoms. The van der Waals surface area contributed by atoms with E-state index in [1.807, 2.05) is 23.6 Å². The molecule has 2 aromatic rings. The second-order valence-electron chi connectivity index (χ2n) is 8.27. The maximum Gasteiger partial charge on any atom is 0.257 e. The van der Waals surface area contributed by atoms with Gasteiger partial charge in [0.05, 0.1) is 24.2 Å². The van der Waals surface area contributed by atoms with Crippen molar-refractivity contribution in [1.29, 1.82) is 0 Å². The van der Waals surface area contributed by atoms with Crippen LogP contribution in [0.5, 0.6) is 0 Å². The van der Waals surface area contributed by atoms with Crippen LogP contribution in [0.15, 0.2) is 6.33 Å². The number of tetrazole rings is 1. The van der Waals surface area contributed by atoms with Gasteiger partial charge in [0.2, 0.25) is 5.91 Å². The molecule has 2 amide bonds. The lowest BCUT2D eigenvalue weighted by molar-refractivity contribution is -0.141. The van der Waals surface area contributed by atoms with E-state index in [-0.39, 0.29) is 17.7 Å². The van der Waals surface area contributed by atoms with Gasteiger partial charge in [0, 0.05) is 37.0 Å². The molecule has 2 aromatic heterocycles. The Balaban J connectivity index is 1.46. The fourth-order valence-corrected chi connectivity index (χ4v) is 5.93. The number of nitrogens with zero attached hydrogens (tertiary/aromatic N) is 6. The van der Waals surface area contributed by atoms with Gasteiger partial charge < -0.3 is 14.5 Å². The lowest BCUT2D eigenvalue weighted by atomic mass is 9.79. The summed E-state index contributed by atoms with van der Waals surface area (Å²) in [4.78, 5) is 31.8. The highest BCUT2D eigenvalue weighted by Crippen LogP contribution is 2.44. The van der Waals surface area contributed by atoms with Gasteiger partial charge in [-0.25, -0.2) is 0 Å². The molecule has 9 nitrogen and oxygen atoms in total. The predicted octanol–water partition coefficient (Wildman–Crippen LogP) is 1.05. The average molecular weight is 417 g/mol. The monoisotopic (exact) mass is 416 g/mol. The molecule has 3 aliphatic rings. The van der Waals surface area contributed by atoms with Gasteiger partial charge in [-0.2, -0.15) is 4.68 Å². The largest absolute Gasteiger partial charge is 0.380 e. The van der Waals surface area contributed by atoms with Crippen LogP contribution in [0.2, 0.25) is 0 Å². The highest BCUT2D eigenvalue weighted by molar-refractivity contribution is 7.15. The van der Waals surface area contributed by atoms with E-state index in [0.717, 1.165) is 41.4 Å². The fraction of sp³-hybridized carbons (Fsp3) is 0.632. The smallest absolute Gasteiger partial charge is 0.257 e. The molecule has 0 aliphatic carbocycles. The first-order chi connectivity index (χ1) is 14.0. The Morgan fingerprint density at radius 1 is 1.24 bits per heavy atom. The number of thiophene rings is 1. The number of carbonyl (C=O) groups is 2. The molecule has 2 atom stereocenters. The summed E-state index contributed by atoms with van der Waals surface area (Å²) in [7, 11) is 0. The minimum absolute atomic E-state index is 0.0519. The molecule has 3 saturated heterocycles. The summed E-state index contributed by atoms with van der Waals surface area (Å²) in [6.07, 6.45) is 3.61. The zero-order valence-corrected chi connectivity index (χ0v) is 17.4. The van der Waals surface area contributed by atoms with E-state index in [1.165, 1.54) is 17.7 Å². The van der Waals surface area contributed by atoms with E-state index in [4.69, 9.17) is 4.74 Å². The number of amides is 2. The minimum Gasteiger partial charge on any atom is -0.380 e. The summed E-state index contributed by atoms with van der Waals surface area (Å²) in [5, 5.41) is 12.1. The van der Waals surface area contributed by atoms with Gasteiger partial charge >= 0.3 is 0 Å². The first-order valence-electron chi connectivity index (χ1n) is 10.0. The number of aryl methyl sites for hydroxylation is 1. The van der Waals surface area contributed by atoms with Crippen molar-refractivity contribution in [3.05, 3.63) is 22.3 Å². The molecular weight excluding hydrogens is 392 g/mol. The Hall–Kier alpha value is -2.33. The second-order valence-corrected chi connectivity index (χ2v) is 9.47. The summed E-state index contributed by atoms with van der Waals surface area (Å²) in [5.41, 5.74) is 0.969. The van der Waals surface area contributed by atoms with Crippen molar-refractivity contribution in [3.8, 4) is 5.00 Å². The topological polar surface area (TPSA) is 93.5 Å². The fourth-order valence-electron chi connectivity index (χ4n) is 4.86. The number of hydrogen-bond donors (Lipinski definition) is 0. The second kappa shape index (κ2) is 6.88. The molecular formula is C19H24N6O3S. The third-order valence-corrected chi connectivity index (χ3v) is 7.81. The molecule has 0 aromatic carbocycles. The van der Waals surface area contributed by atoms with Crippen LogP contribution in [-0.2, 0) is 9.53 Å². The first kappa shape index (κ1) is 18.7. The Morgan fingerprint density at radius 3 is 2.76 bits per heavy atom. The average Bonchev–Trinajstić information content (AvgIpc) is 3.50. The summed E-state index contributed by atoms with van der Waals surface area (Å²) >= 11 is 1.51. The molecule has 0 N–H and O–H groups in total. The first-order valence-corrected chi connectivity index (χ1v) is 10.8. The number of ether oxygens (including phenoxy) is 1. The molecule has 5 rings (SSSR count). The molecule has 154 valence electrons. The van der Waals surface area contributed by atoms with Crippen LogP contribution in [0.3, 0.4) is 0 Å². The molecule has 3 fully saturated rings. The minimum atomic E-state index is -0.603. The molecule has 0 spiro atoms. The summed E-state index contributed by atoms with van der Waals surface area (Å²) in [6.45, 7) is 7.47. The van der Waals surface area contributed by atoms with Crippen molar-refractivity contribution in [3.63, 3.8) is 0 Å². The SMILES string of the molecule is Cc1sc(-n2cnnn2)c(C(=O)N2C[C@H]3COC[C@@]3(C(=O)N3CCCC3)C2)c1C. The normalized spacial score (nSPS) is 26.3. The zero-order chi connectivity index (χ0) is 20.2. The molecule has 0 saturated carbocycles. The van der Waals surface area contributed by atoms with E-state index in [1.54, 1.807) is 4.68 Å². The van der Waals surface area contributed by atoms with E-state index in [2.05, 4.69) is 15.5 Å². The Bertz CT molecular complexity index is 952. The van der Waals surface area contributed by atoms with Crippen LogP contribution < -0.4 is 0 Å². The quantitative estimate of drug-likeness (QED) is 0.743. The van der Waals surface area contributed by atoms with Crippen LogP contribution in [0.25, 0.3) is 5.00 Å². The van der Waals surface area contributed by atoms with Gasteiger partial charge in [-0.15, -0.1) is 16.4 Å². The van der Waals surface area contributed by atoms with Crippen molar-refractivity contribution in [1.82, 2.24) is 30.0 Å². The number of rotatable bonds is 3. The molecule has 0 unspecified atom stereocenters. The van der Waals surface area contributed by atoms with E-state index < -0.39 is 5.41 Å². The van der Waals surface area contributed by atoms with Gasteiger partial charge in [-0.1, -0.05) is 0 Å².